The van der Waals surface area contributed by atoms with Crippen molar-refractivity contribution in [3.63, 3.8) is 0 Å². The van der Waals surface area contributed by atoms with Gasteiger partial charge in [0.15, 0.2) is 0 Å². The van der Waals surface area contributed by atoms with Gasteiger partial charge in [-0.3, -0.25) is 0 Å². The second-order valence-corrected chi connectivity index (χ2v) is 3.98. The van der Waals surface area contributed by atoms with Crippen LogP contribution in [0.4, 0.5) is 0 Å². The van der Waals surface area contributed by atoms with Gasteiger partial charge in [-0.2, -0.15) is 11.3 Å². The van der Waals surface area contributed by atoms with E-state index in [1.54, 1.807) is 0 Å². The number of esters is 1. The molecule has 1 aromatic rings. The average molecular weight is 288 g/mol. The van der Waals surface area contributed by atoms with Crippen molar-refractivity contribution in [2.24, 2.45) is 5.11 Å². The van der Waals surface area contributed by atoms with Crippen molar-refractivity contribution in [2.45, 2.75) is 0 Å². The van der Waals surface area contributed by atoms with Gasteiger partial charge in [-0.05, 0) is 32.9 Å². The van der Waals surface area contributed by atoms with E-state index >= 15 is 0 Å². The molecule has 0 N–H and O–H groups in total. The van der Waals surface area contributed by atoms with Gasteiger partial charge in [0.2, 0.25) is 0 Å². The largest absolute Gasteiger partial charge is 0.466 e. The molecule has 0 aromatic carbocycles. The molecular weight excluding hydrogens is 282 g/mol. The topological polar surface area (TPSA) is 75.1 Å². The van der Waals surface area contributed by atoms with E-state index in [1.165, 1.54) is 24.5 Å². The van der Waals surface area contributed by atoms with Gasteiger partial charge in [-0.25, -0.2) is 4.79 Å². The van der Waals surface area contributed by atoms with E-state index < -0.39 is 5.97 Å². The molecule has 78 valence electrons. The molecule has 0 fully saturated rings. The molecule has 1 aromatic heterocycles. The number of ether oxygens (including phenoxy) is 1. The smallest absolute Gasteiger partial charge is 0.340 e. The Kier molecular flexibility index (Phi) is 4.36. The Hall–Kier alpha value is -1.30. The van der Waals surface area contributed by atoms with Crippen molar-refractivity contribution >= 4 is 39.3 Å². The SMILES string of the molecule is COC(=O)/C(=C/c1cscc1Br)N=[N+]=[N-]. The van der Waals surface area contributed by atoms with Gasteiger partial charge in [0.05, 0.1) is 7.11 Å². The molecule has 0 bridgehead atoms. The first-order valence-electron chi connectivity index (χ1n) is 3.76. The van der Waals surface area contributed by atoms with E-state index in [2.05, 4.69) is 30.7 Å². The van der Waals surface area contributed by atoms with Crippen LogP contribution in [0.5, 0.6) is 0 Å². The van der Waals surface area contributed by atoms with Crippen molar-refractivity contribution in [1.82, 2.24) is 0 Å². The molecular formula is C8H6BrN3O2S. The maximum Gasteiger partial charge on any atom is 0.340 e. The van der Waals surface area contributed by atoms with Crippen LogP contribution in [0.15, 0.2) is 26.0 Å². The summed E-state index contributed by atoms with van der Waals surface area (Å²) in [6.45, 7) is 0. The van der Waals surface area contributed by atoms with Gasteiger partial charge >= 0.3 is 5.97 Å². The van der Waals surface area contributed by atoms with Gasteiger partial charge in [-0.1, -0.05) is 5.11 Å². The third-order valence-corrected chi connectivity index (χ3v) is 3.23. The maximum absolute atomic E-state index is 11.2. The van der Waals surface area contributed by atoms with Crippen molar-refractivity contribution in [2.75, 3.05) is 7.11 Å². The number of thiophene rings is 1. The number of carbonyl (C=O) groups excluding carboxylic acids is 1. The van der Waals surface area contributed by atoms with Crippen molar-refractivity contribution in [3.8, 4) is 0 Å². The molecule has 0 saturated heterocycles. The number of hydrogen-bond donors (Lipinski definition) is 0. The van der Waals surface area contributed by atoms with Crippen LogP contribution in [0.2, 0.25) is 0 Å². The number of halogens is 1. The molecule has 0 aliphatic rings. The lowest BCUT2D eigenvalue weighted by Crippen LogP contribution is -2.01. The summed E-state index contributed by atoms with van der Waals surface area (Å²) in [5.74, 6) is -0.661. The number of rotatable bonds is 3. The molecule has 15 heavy (non-hydrogen) atoms. The summed E-state index contributed by atoms with van der Waals surface area (Å²) in [5, 5.41) is 6.94. The summed E-state index contributed by atoms with van der Waals surface area (Å²) in [6, 6.07) is 0. The normalized spacial score (nSPS) is 10.7. The first-order chi connectivity index (χ1) is 7.19. The molecule has 0 amide bonds. The Morgan fingerprint density at radius 1 is 1.73 bits per heavy atom. The molecule has 0 aliphatic carbocycles. The zero-order valence-corrected chi connectivity index (χ0v) is 10.1. The Balaban J connectivity index is 3.09. The Labute approximate surface area is 98.1 Å². The highest BCUT2D eigenvalue weighted by atomic mass is 79.9. The van der Waals surface area contributed by atoms with E-state index in [0.29, 0.717) is 0 Å². The summed E-state index contributed by atoms with van der Waals surface area (Å²) in [6.07, 6.45) is 1.46. The minimum Gasteiger partial charge on any atom is -0.466 e. The molecule has 0 atom stereocenters. The first-order valence-corrected chi connectivity index (χ1v) is 5.49. The fourth-order valence-electron chi connectivity index (χ4n) is 0.823. The third-order valence-electron chi connectivity index (χ3n) is 1.48. The molecule has 1 rings (SSSR count). The Morgan fingerprint density at radius 2 is 2.47 bits per heavy atom. The molecule has 0 aliphatic heterocycles. The predicted octanol–water partition coefficient (Wildman–Crippen LogP) is 3.33. The minimum atomic E-state index is -0.661. The number of nitrogens with zero attached hydrogens (tertiary/aromatic N) is 3. The fourth-order valence-corrected chi connectivity index (χ4v) is 2.19. The van der Waals surface area contributed by atoms with Crippen LogP contribution in [-0.4, -0.2) is 13.1 Å². The number of azide groups is 1. The van der Waals surface area contributed by atoms with Crippen LogP contribution in [0.1, 0.15) is 5.56 Å². The molecule has 0 saturated carbocycles. The van der Waals surface area contributed by atoms with Crippen LogP contribution in [0.3, 0.4) is 0 Å². The summed E-state index contributed by atoms with van der Waals surface area (Å²) < 4.78 is 5.30. The average Bonchev–Trinajstić information content (AvgIpc) is 2.63. The summed E-state index contributed by atoms with van der Waals surface area (Å²) in [4.78, 5) is 13.7. The van der Waals surface area contributed by atoms with Crippen molar-refractivity contribution in [1.29, 1.82) is 0 Å². The van der Waals surface area contributed by atoms with Gasteiger partial charge in [0, 0.05) is 20.3 Å². The standard InChI is InChI=1S/C8H6BrN3O2S/c1-14-8(13)7(11-12-10)2-5-3-15-4-6(5)9/h2-4H,1H3/b7-2-. The third kappa shape index (κ3) is 3.09. The number of methoxy groups -OCH3 is 1. The molecule has 0 radical (unpaired) electrons. The van der Waals surface area contributed by atoms with E-state index in [-0.39, 0.29) is 5.70 Å². The van der Waals surface area contributed by atoms with Crippen molar-refractivity contribution in [3.05, 3.63) is 36.9 Å². The van der Waals surface area contributed by atoms with Crippen LogP contribution in [-0.2, 0) is 9.53 Å². The highest BCUT2D eigenvalue weighted by molar-refractivity contribution is 9.10. The lowest BCUT2D eigenvalue weighted by Gasteiger charge is -1.97. The second-order valence-electron chi connectivity index (χ2n) is 2.39. The first kappa shape index (κ1) is 11.8. The summed E-state index contributed by atoms with van der Waals surface area (Å²) >= 11 is 4.76. The van der Waals surface area contributed by atoms with Crippen LogP contribution in [0.25, 0.3) is 16.5 Å². The lowest BCUT2D eigenvalue weighted by molar-refractivity contribution is -0.136. The quantitative estimate of drug-likeness (QED) is 0.281. The number of hydrogen-bond acceptors (Lipinski definition) is 4. The molecule has 5 nitrogen and oxygen atoms in total. The molecule has 0 spiro atoms. The second kappa shape index (κ2) is 5.55. The Bertz CT molecular complexity index is 448. The van der Waals surface area contributed by atoms with Crippen LogP contribution >= 0.6 is 27.3 Å². The van der Waals surface area contributed by atoms with Gasteiger partial charge in [0.25, 0.3) is 0 Å². The number of carbonyl (C=O) groups is 1. The van der Waals surface area contributed by atoms with E-state index in [0.717, 1.165) is 10.0 Å². The molecule has 0 unspecified atom stereocenters. The summed E-state index contributed by atoms with van der Waals surface area (Å²) in [7, 11) is 1.23. The van der Waals surface area contributed by atoms with Gasteiger partial charge in [0.1, 0.15) is 5.70 Å². The highest BCUT2D eigenvalue weighted by Crippen LogP contribution is 2.24. The fraction of sp³-hybridized carbons (Fsp3) is 0.125. The van der Waals surface area contributed by atoms with Crippen LogP contribution in [0, 0.1) is 0 Å². The summed E-state index contributed by atoms with van der Waals surface area (Å²) in [5.41, 5.74) is 8.98. The van der Waals surface area contributed by atoms with Crippen molar-refractivity contribution < 1.29 is 9.53 Å². The van der Waals surface area contributed by atoms with E-state index in [9.17, 15) is 4.79 Å². The van der Waals surface area contributed by atoms with E-state index in [1.807, 2.05) is 10.8 Å². The molecule has 7 heteroatoms. The monoisotopic (exact) mass is 287 g/mol. The minimum absolute atomic E-state index is 0.0703. The molecule has 1 heterocycles. The zero-order valence-electron chi connectivity index (χ0n) is 7.68. The maximum atomic E-state index is 11.2. The van der Waals surface area contributed by atoms with E-state index in [4.69, 9.17) is 5.53 Å². The highest BCUT2D eigenvalue weighted by Gasteiger charge is 2.08. The predicted molar refractivity (Wildman–Crippen MR) is 61.2 cm³/mol. The zero-order chi connectivity index (χ0) is 11.3. The van der Waals surface area contributed by atoms with Gasteiger partial charge in [-0.15, -0.1) is 0 Å². The Morgan fingerprint density at radius 3 is 2.93 bits per heavy atom. The van der Waals surface area contributed by atoms with Crippen LogP contribution < -0.4 is 0 Å². The van der Waals surface area contributed by atoms with Gasteiger partial charge < -0.3 is 4.74 Å². The lowest BCUT2D eigenvalue weighted by atomic mass is 10.3.